The maximum Gasteiger partial charge on any atom is 0.318 e. The molecule has 7 heteroatoms. The van der Waals surface area contributed by atoms with Gasteiger partial charge in [-0.15, -0.1) is 11.8 Å². The summed E-state index contributed by atoms with van der Waals surface area (Å²) in [4.78, 5) is 17.1. The van der Waals surface area contributed by atoms with Gasteiger partial charge >= 0.3 is 6.03 Å². The van der Waals surface area contributed by atoms with Crippen molar-refractivity contribution in [3.63, 3.8) is 0 Å². The predicted molar refractivity (Wildman–Crippen MR) is 152 cm³/mol. The number of benzene rings is 3. The summed E-state index contributed by atoms with van der Waals surface area (Å²) in [7, 11) is 0. The van der Waals surface area contributed by atoms with Crippen LogP contribution >= 0.6 is 11.8 Å². The Morgan fingerprint density at radius 1 is 0.947 bits per heavy atom. The molecule has 3 aromatic carbocycles. The molecule has 190 valence electrons. The third-order valence-electron chi connectivity index (χ3n) is 7.07. The van der Waals surface area contributed by atoms with Gasteiger partial charge in [-0.1, -0.05) is 60.7 Å². The Balaban J connectivity index is 1.48. The van der Waals surface area contributed by atoms with Crippen LogP contribution < -0.4 is 5.32 Å². The van der Waals surface area contributed by atoms with E-state index in [-0.39, 0.29) is 12.1 Å². The standard InChI is InChI=1S/C31H29N5OS/c1-22-27-21-35(31(37)32-20-23-10-5-3-6-11-23)29(24-15-17-26(38-2)18-16-24)28-14-9-19-34(28)30(27)36(33-22)25-12-7-4-8-13-25/h3-19,29H,20-21H2,1-2H3,(H,32,37). The summed E-state index contributed by atoms with van der Waals surface area (Å²) in [5.41, 5.74) is 6.08. The molecule has 0 fully saturated rings. The third kappa shape index (κ3) is 4.39. The van der Waals surface area contributed by atoms with E-state index in [4.69, 9.17) is 5.10 Å². The van der Waals surface area contributed by atoms with Gasteiger partial charge in [-0.05, 0) is 60.7 Å². The van der Waals surface area contributed by atoms with Crippen molar-refractivity contribution < 1.29 is 4.79 Å². The number of carbonyl (C=O) groups excluding carboxylic acids is 1. The van der Waals surface area contributed by atoms with Gasteiger partial charge in [-0.3, -0.25) is 0 Å². The van der Waals surface area contributed by atoms with Gasteiger partial charge in [0.1, 0.15) is 5.82 Å². The van der Waals surface area contributed by atoms with Crippen molar-refractivity contribution in [3.8, 4) is 11.5 Å². The number of urea groups is 1. The fraction of sp³-hybridized carbons (Fsp3) is 0.161. The van der Waals surface area contributed by atoms with Crippen molar-refractivity contribution in [2.24, 2.45) is 0 Å². The Morgan fingerprint density at radius 2 is 1.66 bits per heavy atom. The van der Waals surface area contributed by atoms with Crippen molar-refractivity contribution in [2.75, 3.05) is 6.26 Å². The van der Waals surface area contributed by atoms with Gasteiger partial charge in [-0.2, -0.15) is 5.10 Å². The summed E-state index contributed by atoms with van der Waals surface area (Å²) < 4.78 is 4.19. The lowest BCUT2D eigenvalue weighted by Crippen LogP contribution is -2.41. The summed E-state index contributed by atoms with van der Waals surface area (Å²) in [6.45, 7) is 2.92. The van der Waals surface area contributed by atoms with Crippen LogP contribution in [0, 0.1) is 6.92 Å². The van der Waals surface area contributed by atoms with Crippen LogP contribution in [0.3, 0.4) is 0 Å². The third-order valence-corrected chi connectivity index (χ3v) is 7.81. The van der Waals surface area contributed by atoms with Crippen LogP contribution in [0.25, 0.3) is 11.5 Å². The number of hydrogen-bond donors (Lipinski definition) is 1. The molecule has 0 saturated carbocycles. The van der Waals surface area contributed by atoms with Gasteiger partial charge in [0, 0.05) is 23.2 Å². The first-order chi connectivity index (χ1) is 18.6. The molecule has 0 spiro atoms. The van der Waals surface area contributed by atoms with E-state index < -0.39 is 0 Å². The molecule has 6 nitrogen and oxygen atoms in total. The Morgan fingerprint density at radius 3 is 2.37 bits per heavy atom. The molecule has 6 rings (SSSR count). The number of nitrogens with zero attached hydrogens (tertiary/aromatic N) is 4. The number of rotatable bonds is 5. The van der Waals surface area contributed by atoms with Gasteiger partial charge in [0.25, 0.3) is 0 Å². The Kier molecular flexibility index (Phi) is 6.52. The second-order valence-corrected chi connectivity index (χ2v) is 10.3. The highest BCUT2D eigenvalue weighted by molar-refractivity contribution is 7.98. The number of hydrogen-bond acceptors (Lipinski definition) is 3. The normalized spacial score (nSPS) is 14.5. The van der Waals surface area contributed by atoms with Gasteiger partial charge < -0.3 is 14.8 Å². The number of aryl methyl sites for hydroxylation is 1. The number of aromatic nitrogens is 3. The van der Waals surface area contributed by atoms with Crippen molar-refractivity contribution in [1.29, 1.82) is 0 Å². The van der Waals surface area contributed by atoms with Crippen LogP contribution in [0.1, 0.15) is 34.1 Å². The lowest BCUT2D eigenvalue weighted by atomic mass is 10.0. The van der Waals surface area contributed by atoms with Crippen molar-refractivity contribution in [3.05, 3.63) is 131 Å². The quantitative estimate of drug-likeness (QED) is 0.269. The highest BCUT2D eigenvalue weighted by atomic mass is 32.2. The van der Waals surface area contributed by atoms with E-state index in [0.717, 1.165) is 39.6 Å². The maximum atomic E-state index is 13.9. The van der Waals surface area contributed by atoms with Crippen LogP contribution in [0.15, 0.2) is 108 Å². The number of carbonyl (C=O) groups is 1. The van der Waals surface area contributed by atoms with Crippen molar-refractivity contribution in [2.45, 2.75) is 31.0 Å². The fourth-order valence-electron chi connectivity index (χ4n) is 5.16. The van der Waals surface area contributed by atoms with E-state index in [1.807, 2.05) is 71.1 Å². The topological polar surface area (TPSA) is 55.1 Å². The molecule has 2 aromatic heterocycles. The zero-order chi connectivity index (χ0) is 26.1. The van der Waals surface area contributed by atoms with Gasteiger partial charge in [0.2, 0.25) is 0 Å². The van der Waals surface area contributed by atoms with Gasteiger partial charge in [0.15, 0.2) is 0 Å². The number of fused-ring (bicyclic) bond motifs is 3. The second kappa shape index (κ2) is 10.3. The SMILES string of the molecule is CSc1ccc(C2c3cccn3-c3c(c(C)nn3-c3ccccc3)CN2C(=O)NCc2ccccc2)cc1. The van der Waals surface area contributed by atoms with E-state index in [2.05, 4.69) is 64.8 Å². The molecule has 0 saturated heterocycles. The molecule has 0 radical (unpaired) electrons. The van der Waals surface area contributed by atoms with E-state index in [1.54, 1.807) is 11.8 Å². The summed E-state index contributed by atoms with van der Waals surface area (Å²) in [5.74, 6) is 0.970. The number of amides is 2. The summed E-state index contributed by atoms with van der Waals surface area (Å²) in [6, 6.07) is 32.5. The highest BCUT2D eigenvalue weighted by Gasteiger charge is 2.35. The summed E-state index contributed by atoms with van der Waals surface area (Å²) in [6.07, 6.45) is 4.15. The van der Waals surface area contributed by atoms with E-state index in [9.17, 15) is 4.79 Å². The Hall–Kier alpha value is -4.23. The Bertz CT molecular complexity index is 1560. The molecule has 5 aromatic rings. The average molecular weight is 520 g/mol. The average Bonchev–Trinajstić information content (AvgIpc) is 3.53. The molecule has 2 amide bonds. The molecule has 1 aliphatic heterocycles. The lowest BCUT2D eigenvalue weighted by Gasteiger charge is -2.31. The molecule has 1 unspecified atom stereocenters. The van der Waals surface area contributed by atoms with E-state index in [1.165, 1.54) is 4.90 Å². The molecule has 1 aliphatic rings. The first-order valence-electron chi connectivity index (χ1n) is 12.7. The van der Waals surface area contributed by atoms with Crippen LogP contribution in [0.2, 0.25) is 0 Å². The second-order valence-electron chi connectivity index (χ2n) is 9.39. The van der Waals surface area contributed by atoms with Crippen LogP contribution in [0.4, 0.5) is 4.79 Å². The van der Waals surface area contributed by atoms with Crippen LogP contribution in [-0.4, -0.2) is 31.5 Å². The Labute approximate surface area is 226 Å². The molecular weight excluding hydrogens is 490 g/mol. The molecule has 3 heterocycles. The number of nitrogens with one attached hydrogen (secondary N) is 1. The van der Waals surface area contributed by atoms with Crippen molar-refractivity contribution in [1.82, 2.24) is 24.6 Å². The predicted octanol–water partition coefficient (Wildman–Crippen LogP) is 6.51. The highest BCUT2D eigenvalue weighted by Crippen LogP contribution is 2.38. The largest absolute Gasteiger partial charge is 0.334 e. The van der Waals surface area contributed by atoms with Crippen molar-refractivity contribution >= 4 is 17.8 Å². The minimum atomic E-state index is -0.271. The molecule has 1 atom stereocenters. The minimum absolute atomic E-state index is 0.111. The zero-order valence-corrected chi connectivity index (χ0v) is 22.2. The summed E-state index contributed by atoms with van der Waals surface area (Å²) >= 11 is 1.71. The van der Waals surface area contributed by atoms with Crippen LogP contribution in [-0.2, 0) is 13.1 Å². The monoisotopic (exact) mass is 519 g/mol. The van der Waals surface area contributed by atoms with E-state index >= 15 is 0 Å². The lowest BCUT2D eigenvalue weighted by molar-refractivity contribution is 0.180. The maximum absolute atomic E-state index is 13.9. The zero-order valence-electron chi connectivity index (χ0n) is 21.4. The number of para-hydroxylation sites is 1. The van der Waals surface area contributed by atoms with Gasteiger partial charge in [-0.25, -0.2) is 9.48 Å². The molecule has 38 heavy (non-hydrogen) atoms. The minimum Gasteiger partial charge on any atom is -0.334 e. The molecular formula is C31H29N5OS. The molecule has 0 aliphatic carbocycles. The fourth-order valence-corrected chi connectivity index (χ4v) is 5.57. The van der Waals surface area contributed by atoms with Crippen LogP contribution in [0.5, 0.6) is 0 Å². The number of thioether (sulfide) groups is 1. The van der Waals surface area contributed by atoms with E-state index in [0.29, 0.717) is 13.1 Å². The van der Waals surface area contributed by atoms with Gasteiger partial charge in [0.05, 0.1) is 29.7 Å². The molecule has 1 N–H and O–H groups in total. The summed E-state index contributed by atoms with van der Waals surface area (Å²) in [5, 5.41) is 8.10. The smallest absolute Gasteiger partial charge is 0.318 e. The first kappa shape index (κ1) is 24.1. The molecule has 0 bridgehead atoms. The first-order valence-corrected chi connectivity index (χ1v) is 13.9.